The number of carbonyl (C=O) groups is 1. The molecule has 0 aliphatic carbocycles. The topological polar surface area (TPSA) is 59.0 Å². The molecule has 2 heterocycles. The minimum atomic E-state index is -0.742. The van der Waals surface area contributed by atoms with Gasteiger partial charge < -0.3 is 14.6 Å². The molecule has 98 valence electrons. The summed E-state index contributed by atoms with van der Waals surface area (Å²) in [7, 11) is 0. The van der Waals surface area contributed by atoms with E-state index in [-0.39, 0.29) is 12.0 Å². The van der Waals surface area contributed by atoms with E-state index < -0.39 is 5.97 Å². The molecule has 0 amide bonds. The first-order valence-corrected chi connectivity index (χ1v) is 6.34. The van der Waals surface area contributed by atoms with Gasteiger partial charge in [0.1, 0.15) is 0 Å². The average Bonchev–Trinajstić information content (AvgIpc) is 2.96. The van der Waals surface area contributed by atoms with Gasteiger partial charge in [0.15, 0.2) is 0 Å². The van der Waals surface area contributed by atoms with Crippen LogP contribution in [0.3, 0.4) is 0 Å². The molecule has 2 saturated heterocycles. The summed E-state index contributed by atoms with van der Waals surface area (Å²) >= 11 is 0. The summed E-state index contributed by atoms with van der Waals surface area (Å²) in [5.74, 6) is -0.573. The smallest absolute Gasteiger partial charge is 0.310 e. The molecule has 3 unspecified atom stereocenters. The van der Waals surface area contributed by atoms with Crippen molar-refractivity contribution in [3.63, 3.8) is 0 Å². The van der Waals surface area contributed by atoms with Gasteiger partial charge in [-0.3, -0.25) is 9.69 Å². The van der Waals surface area contributed by atoms with Crippen molar-refractivity contribution in [2.24, 2.45) is 11.8 Å². The van der Waals surface area contributed by atoms with Gasteiger partial charge in [0.25, 0.3) is 0 Å². The van der Waals surface area contributed by atoms with Gasteiger partial charge >= 0.3 is 5.97 Å². The molecule has 5 nitrogen and oxygen atoms in total. The van der Waals surface area contributed by atoms with Gasteiger partial charge in [-0.1, -0.05) is 6.92 Å². The number of aliphatic carboxylic acids is 1. The number of carboxylic acids is 1. The van der Waals surface area contributed by atoms with Gasteiger partial charge in [0.2, 0.25) is 0 Å². The molecule has 1 N–H and O–H groups in total. The Hall–Kier alpha value is -0.650. The molecule has 2 aliphatic heterocycles. The highest BCUT2D eigenvalue weighted by Gasteiger charge is 2.38. The quantitative estimate of drug-likeness (QED) is 0.759. The maximum atomic E-state index is 11.1. The molecule has 2 fully saturated rings. The summed E-state index contributed by atoms with van der Waals surface area (Å²) in [5, 5.41) is 9.16. The van der Waals surface area contributed by atoms with Crippen LogP contribution >= 0.6 is 0 Å². The van der Waals surface area contributed by atoms with Gasteiger partial charge in [-0.2, -0.15) is 0 Å². The summed E-state index contributed by atoms with van der Waals surface area (Å²) in [5.41, 5.74) is 0. The van der Waals surface area contributed by atoms with Gasteiger partial charge in [-0.15, -0.1) is 0 Å². The number of rotatable bonds is 5. The summed E-state index contributed by atoms with van der Waals surface area (Å²) in [4.78, 5) is 13.4. The minimum absolute atomic E-state index is 0.0260. The van der Waals surface area contributed by atoms with Crippen molar-refractivity contribution in [3.8, 4) is 0 Å². The van der Waals surface area contributed by atoms with Crippen molar-refractivity contribution in [1.29, 1.82) is 0 Å². The van der Waals surface area contributed by atoms with Crippen LogP contribution in [0, 0.1) is 11.8 Å². The van der Waals surface area contributed by atoms with E-state index in [4.69, 9.17) is 14.6 Å². The maximum absolute atomic E-state index is 11.1. The molecule has 0 spiro atoms. The maximum Gasteiger partial charge on any atom is 0.310 e. The Labute approximate surface area is 102 Å². The summed E-state index contributed by atoms with van der Waals surface area (Å²) in [6, 6.07) is 0.0260. The Balaban J connectivity index is 1.94. The first-order valence-electron chi connectivity index (χ1n) is 6.34. The molecule has 0 bridgehead atoms. The fraction of sp³-hybridized carbons (Fsp3) is 0.917. The lowest BCUT2D eigenvalue weighted by Gasteiger charge is -2.30. The van der Waals surface area contributed by atoms with E-state index in [1.54, 1.807) is 0 Å². The summed E-state index contributed by atoms with van der Waals surface area (Å²) < 4.78 is 10.7. The molecular formula is C12H21NO4. The van der Waals surface area contributed by atoms with E-state index in [1.165, 1.54) is 0 Å². The fourth-order valence-corrected chi connectivity index (χ4v) is 2.70. The highest BCUT2D eigenvalue weighted by Crippen LogP contribution is 2.23. The van der Waals surface area contributed by atoms with Crippen molar-refractivity contribution in [3.05, 3.63) is 0 Å². The number of carboxylic acid groups (broad SMARTS) is 1. The lowest BCUT2D eigenvalue weighted by atomic mass is 10.00. The number of likely N-dealkylation sites (N-methyl/N-ethyl adjacent to an activating group) is 1. The zero-order chi connectivity index (χ0) is 12.3. The predicted molar refractivity (Wildman–Crippen MR) is 61.9 cm³/mol. The van der Waals surface area contributed by atoms with Crippen LogP contribution in [-0.4, -0.2) is 61.5 Å². The van der Waals surface area contributed by atoms with Crippen LogP contribution in [0.2, 0.25) is 0 Å². The number of nitrogens with zero attached hydrogens (tertiary/aromatic N) is 1. The van der Waals surface area contributed by atoms with Crippen LogP contribution in [0.15, 0.2) is 0 Å². The third kappa shape index (κ3) is 2.97. The van der Waals surface area contributed by atoms with Gasteiger partial charge in [-0.25, -0.2) is 0 Å². The fourth-order valence-electron chi connectivity index (χ4n) is 2.70. The average molecular weight is 243 g/mol. The predicted octanol–water partition coefficient (Wildman–Crippen LogP) is 0.444. The van der Waals surface area contributed by atoms with Gasteiger partial charge in [-0.05, 0) is 18.9 Å². The van der Waals surface area contributed by atoms with Gasteiger partial charge in [0.05, 0.1) is 25.7 Å². The van der Waals surface area contributed by atoms with Crippen LogP contribution in [0.1, 0.15) is 13.3 Å². The molecule has 0 aromatic heterocycles. The van der Waals surface area contributed by atoms with Crippen molar-refractivity contribution < 1.29 is 19.4 Å². The van der Waals surface area contributed by atoms with Crippen LogP contribution < -0.4 is 0 Å². The molecule has 0 aromatic carbocycles. The van der Waals surface area contributed by atoms with Crippen LogP contribution in [0.25, 0.3) is 0 Å². The Morgan fingerprint density at radius 1 is 1.35 bits per heavy atom. The number of ether oxygens (including phenoxy) is 2. The standard InChI is InChI=1S/C12H21NO4/c1-2-13(5-9-3-4-16-6-9)11-8-17-7-10(11)12(14)15/h9-11H,2-8H2,1H3,(H,14,15). The van der Waals surface area contributed by atoms with E-state index >= 15 is 0 Å². The SMILES string of the molecule is CCN(CC1CCOC1)C1COCC1C(=O)O. The van der Waals surface area contributed by atoms with Crippen molar-refractivity contribution in [2.75, 3.05) is 39.5 Å². The summed E-state index contributed by atoms with van der Waals surface area (Å²) in [6.07, 6.45) is 1.09. The molecule has 17 heavy (non-hydrogen) atoms. The zero-order valence-electron chi connectivity index (χ0n) is 10.3. The van der Waals surface area contributed by atoms with Crippen LogP contribution in [0.5, 0.6) is 0 Å². The Morgan fingerprint density at radius 3 is 2.76 bits per heavy atom. The minimum Gasteiger partial charge on any atom is -0.481 e. The number of hydrogen-bond donors (Lipinski definition) is 1. The first-order chi connectivity index (χ1) is 8.22. The van der Waals surface area contributed by atoms with Crippen LogP contribution in [-0.2, 0) is 14.3 Å². The second-order valence-electron chi connectivity index (χ2n) is 4.87. The molecule has 0 saturated carbocycles. The Bertz CT molecular complexity index is 265. The Morgan fingerprint density at radius 2 is 2.18 bits per heavy atom. The molecular weight excluding hydrogens is 222 g/mol. The first kappa shape index (κ1) is 12.8. The largest absolute Gasteiger partial charge is 0.481 e. The molecule has 0 aromatic rings. The second-order valence-corrected chi connectivity index (χ2v) is 4.87. The highest BCUT2D eigenvalue weighted by molar-refractivity contribution is 5.71. The van der Waals surface area contributed by atoms with Crippen molar-refractivity contribution in [1.82, 2.24) is 4.90 Å². The summed E-state index contributed by atoms with van der Waals surface area (Å²) in [6.45, 7) is 6.40. The van der Waals surface area contributed by atoms with E-state index in [1.807, 2.05) is 0 Å². The monoisotopic (exact) mass is 243 g/mol. The van der Waals surface area contributed by atoms with E-state index in [2.05, 4.69) is 11.8 Å². The van der Waals surface area contributed by atoms with Crippen molar-refractivity contribution >= 4 is 5.97 Å². The Kier molecular flexibility index (Phi) is 4.36. The normalized spacial score (nSPS) is 33.4. The molecule has 2 rings (SSSR count). The molecule has 0 radical (unpaired) electrons. The van der Waals surface area contributed by atoms with E-state index in [9.17, 15) is 4.79 Å². The van der Waals surface area contributed by atoms with Crippen molar-refractivity contribution in [2.45, 2.75) is 19.4 Å². The van der Waals surface area contributed by atoms with Crippen LogP contribution in [0.4, 0.5) is 0 Å². The molecule has 2 aliphatic rings. The lowest BCUT2D eigenvalue weighted by Crippen LogP contribution is -2.45. The number of hydrogen-bond acceptors (Lipinski definition) is 4. The zero-order valence-corrected chi connectivity index (χ0v) is 10.3. The van der Waals surface area contributed by atoms with E-state index in [0.717, 1.165) is 32.7 Å². The highest BCUT2D eigenvalue weighted by atomic mass is 16.5. The third-order valence-electron chi connectivity index (χ3n) is 3.76. The molecule has 3 atom stereocenters. The van der Waals surface area contributed by atoms with Gasteiger partial charge in [0, 0.05) is 19.2 Å². The third-order valence-corrected chi connectivity index (χ3v) is 3.76. The second kappa shape index (κ2) is 5.80. The molecule has 5 heteroatoms. The lowest BCUT2D eigenvalue weighted by molar-refractivity contribution is -0.143. The van der Waals surface area contributed by atoms with E-state index in [0.29, 0.717) is 19.1 Å².